The van der Waals surface area contributed by atoms with Crippen LogP contribution in [0, 0.1) is 5.41 Å². The van der Waals surface area contributed by atoms with E-state index in [0.29, 0.717) is 11.5 Å². The molecule has 0 bridgehead atoms. The third-order valence-corrected chi connectivity index (χ3v) is 8.10. The summed E-state index contributed by atoms with van der Waals surface area (Å²) in [5, 5.41) is 5.89. The maximum Gasteiger partial charge on any atom is 0.144 e. The summed E-state index contributed by atoms with van der Waals surface area (Å²) in [6.45, 7) is 7.14. The van der Waals surface area contributed by atoms with Gasteiger partial charge in [-0.05, 0) is 61.9 Å². The molecule has 0 saturated carbocycles. The fourth-order valence-corrected chi connectivity index (χ4v) is 5.78. The number of halogens is 1. The summed E-state index contributed by atoms with van der Waals surface area (Å²) in [4.78, 5) is 2.73. The van der Waals surface area contributed by atoms with Gasteiger partial charge in [-0.3, -0.25) is 4.90 Å². The minimum atomic E-state index is 0.496. The lowest BCUT2D eigenvalue weighted by Gasteiger charge is -2.29. The molecule has 0 spiro atoms. The first kappa shape index (κ1) is 21.5. The van der Waals surface area contributed by atoms with Gasteiger partial charge in [0.1, 0.15) is 11.4 Å². The maximum atomic E-state index is 6.21. The van der Waals surface area contributed by atoms with E-state index >= 15 is 0 Å². The van der Waals surface area contributed by atoms with Crippen LogP contribution in [-0.4, -0.2) is 40.9 Å². The zero-order chi connectivity index (χ0) is 22.3. The zero-order valence-electron chi connectivity index (χ0n) is 19.3. The van der Waals surface area contributed by atoms with Crippen LogP contribution < -0.4 is 4.74 Å². The molecule has 0 amide bonds. The van der Waals surface area contributed by atoms with E-state index in [1.165, 1.54) is 49.3 Å². The molecule has 1 aromatic heterocycles. The third kappa shape index (κ3) is 3.64. The van der Waals surface area contributed by atoms with Gasteiger partial charge in [0.2, 0.25) is 0 Å². The van der Waals surface area contributed by atoms with Gasteiger partial charge in [0.05, 0.1) is 18.5 Å². The smallest absolute Gasteiger partial charge is 0.144 e. The summed E-state index contributed by atoms with van der Waals surface area (Å²) < 4.78 is 7.75. The third-order valence-electron chi connectivity index (χ3n) is 7.85. The first-order chi connectivity index (χ1) is 15.6. The zero-order valence-corrected chi connectivity index (χ0v) is 20.0. The van der Waals surface area contributed by atoms with E-state index in [0.717, 1.165) is 34.9 Å². The Bertz CT molecular complexity index is 1100. The van der Waals surface area contributed by atoms with Gasteiger partial charge >= 0.3 is 0 Å². The van der Waals surface area contributed by atoms with Crippen molar-refractivity contribution in [2.45, 2.75) is 52.0 Å². The molecule has 0 N–H and O–H groups in total. The summed E-state index contributed by atoms with van der Waals surface area (Å²) >= 11 is 6.21. The largest absolute Gasteiger partial charge is 0.494 e. The monoisotopic (exact) mass is 449 g/mol. The van der Waals surface area contributed by atoms with Crippen molar-refractivity contribution in [1.29, 1.82) is 0 Å². The second kappa shape index (κ2) is 8.57. The highest BCUT2D eigenvalue weighted by Gasteiger charge is 2.41. The average molecular weight is 450 g/mol. The van der Waals surface area contributed by atoms with Crippen LogP contribution in [0.2, 0.25) is 5.02 Å². The lowest BCUT2D eigenvalue weighted by molar-refractivity contribution is 0.197. The minimum Gasteiger partial charge on any atom is -0.494 e. The standard InChI is InChI=1S/C27H32ClN3O/c1-4-27(5-2)14-15-30(18-27)21-16-22-23(17-21)29-31(24-8-6-7-9-25(24)32-3)26(22)19-10-12-20(28)13-11-19/h6-13,21H,4-5,14-18H2,1-3H3. The van der Waals surface area contributed by atoms with Crippen LogP contribution in [0.3, 0.4) is 0 Å². The van der Waals surface area contributed by atoms with Gasteiger partial charge in [-0.15, -0.1) is 0 Å². The molecule has 5 rings (SSSR count). The Balaban J connectivity index is 1.54. The summed E-state index contributed by atoms with van der Waals surface area (Å²) in [5.74, 6) is 0.829. The number of rotatable bonds is 6. The number of nitrogens with zero attached hydrogens (tertiary/aromatic N) is 3. The van der Waals surface area contributed by atoms with Gasteiger partial charge < -0.3 is 4.74 Å². The van der Waals surface area contributed by atoms with Crippen molar-refractivity contribution < 1.29 is 4.74 Å². The predicted octanol–water partition coefficient (Wildman–Crippen LogP) is 6.18. The van der Waals surface area contributed by atoms with Crippen molar-refractivity contribution in [3.8, 4) is 22.7 Å². The normalized spacial score (nSPS) is 19.9. The first-order valence-corrected chi connectivity index (χ1v) is 12.2. The van der Waals surface area contributed by atoms with E-state index in [1.807, 2.05) is 30.3 Å². The summed E-state index contributed by atoms with van der Waals surface area (Å²) in [5.41, 5.74) is 6.37. The highest BCUT2D eigenvalue weighted by atomic mass is 35.5. The number of fused-ring (bicyclic) bond motifs is 1. The van der Waals surface area contributed by atoms with Crippen molar-refractivity contribution in [3.05, 3.63) is 64.8 Å². The molecule has 1 fully saturated rings. The lowest BCUT2D eigenvalue weighted by atomic mass is 9.82. The van der Waals surface area contributed by atoms with Gasteiger partial charge in [-0.1, -0.05) is 49.7 Å². The van der Waals surface area contributed by atoms with Crippen molar-refractivity contribution in [1.82, 2.24) is 14.7 Å². The molecule has 32 heavy (non-hydrogen) atoms. The van der Waals surface area contributed by atoms with Crippen molar-refractivity contribution in [3.63, 3.8) is 0 Å². The Morgan fingerprint density at radius 1 is 1.06 bits per heavy atom. The summed E-state index contributed by atoms with van der Waals surface area (Å²) in [6, 6.07) is 16.8. The minimum absolute atomic E-state index is 0.496. The number of hydrogen-bond donors (Lipinski definition) is 0. The van der Waals surface area contributed by atoms with Crippen molar-refractivity contribution >= 4 is 11.6 Å². The molecule has 3 aromatic rings. The van der Waals surface area contributed by atoms with E-state index < -0.39 is 0 Å². The molecule has 2 heterocycles. The van der Waals surface area contributed by atoms with Gasteiger partial charge in [-0.25, -0.2) is 4.68 Å². The average Bonchev–Trinajstić information content (AvgIpc) is 3.52. The highest BCUT2D eigenvalue weighted by molar-refractivity contribution is 6.30. The molecular formula is C27H32ClN3O. The maximum absolute atomic E-state index is 6.21. The molecule has 1 aliphatic carbocycles. The molecule has 168 valence electrons. The Labute approximate surface area is 196 Å². The van der Waals surface area contributed by atoms with Crippen LogP contribution in [0.4, 0.5) is 0 Å². The molecule has 2 aromatic carbocycles. The fraction of sp³-hybridized carbons (Fsp3) is 0.444. The van der Waals surface area contributed by atoms with Crippen LogP contribution in [0.1, 0.15) is 44.4 Å². The Hall–Kier alpha value is -2.30. The van der Waals surface area contributed by atoms with E-state index in [4.69, 9.17) is 21.4 Å². The highest BCUT2D eigenvalue weighted by Crippen LogP contribution is 2.42. The number of likely N-dealkylation sites (tertiary alicyclic amines) is 1. The summed E-state index contributed by atoms with van der Waals surface area (Å²) in [7, 11) is 1.72. The molecule has 1 aliphatic heterocycles. The number of hydrogen-bond acceptors (Lipinski definition) is 3. The van der Waals surface area contributed by atoms with E-state index in [9.17, 15) is 0 Å². The number of para-hydroxylation sites is 2. The molecule has 1 saturated heterocycles. The molecule has 2 aliphatic rings. The SMILES string of the molecule is CCC1(CC)CCN(C2Cc3nn(-c4ccccc4OC)c(-c4ccc(Cl)cc4)c3C2)C1. The second-order valence-corrected chi connectivity index (χ2v) is 9.79. The molecule has 4 nitrogen and oxygen atoms in total. The van der Waals surface area contributed by atoms with Gasteiger partial charge in [0, 0.05) is 35.2 Å². The molecule has 1 unspecified atom stereocenters. The van der Waals surface area contributed by atoms with Gasteiger partial charge in [0.15, 0.2) is 0 Å². The predicted molar refractivity (Wildman–Crippen MR) is 131 cm³/mol. The fourth-order valence-electron chi connectivity index (χ4n) is 5.66. The van der Waals surface area contributed by atoms with Crippen LogP contribution in [0.15, 0.2) is 48.5 Å². The lowest BCUT2D eigenvalue weighted by Crippen LogP contribution is -2.36. The molecule has 1 atom stereocenters. The molecular weight excluding hydrogens is 418 g/mol. The Kier molecular flexibility index (Phi) is 5.77. The second-order valence-electron chi connectivity index (χ2n) is 9.35. The first-order valence-electron chi connectivity index (χ1n) is 11.8. The topological polar surface area (TPSA) is 30.3 Å². The number of aromatic nitrogens is 2. The van der Waals surface area contributed by atoms with Crippen LogP contribution in [0.5, 0.6) is 5.75 Å². The van der Waals surface area contributed by atoms with Gasteiger partial charge in [-0.2, -0.15) is 5.10 Å². The van der Waals surface area contributed by atoms with Crippen LogP contribution >= 0.6 is 11.6 Å². The van der Waals surface area contributed by atoms with Crippen molar-refractivity contribution in [2.75, 3.05) is 20.2 Å². The van der Waals surface area contributed by atoms with Crippen LogP contribution in [0.25, 0.3) is 16.9 Å². The van der Waals surface area contributed by atoms with Crippen molar-refractivity contribution in [2.24, 2.45) is 5.41 Å². The number of methoxy groups -OCH3 is 1. The Morgan fingerprint density at radius 2 is 1.81 bits per heavy atom. The van der Waals surface area contributed by atoms with E-state index in [2.05, 4.69) is 41.6 Å². The molecule has 0 radical (unpaired) electrons. The van der Waals surface area contributed by atoms with E-state index in [-0.39, 0.29) is 0 Å². The quantitative estimate of drug-likeness (QED) is 0.450. The number of ether oxygens (including phenoxy) is 1. The van der Waals surface area contributed by atoms with Gasteiger partial charge in [0.25, 0.3) is 0 Å². The van der Waals surface area contributed by atoms with Crippen LogP contribution in [-0.2, 0) is 12.8 Å². The summed E-state index contributed by atoms with van der Waals surface area (Å²) in [6.07, 6.45) is 5.93. The molecule has 5 heteroatoms. The van der Waals surface area contributed by atoms with E-state index in [1.54, 1.807) is 7.11 Å². The number of benzene rings is 2. The Morgan fingerprint density at radius 3 is 2.50 bits per heavy atom.